The Hall–Kier alpha value is -0.400. The fraction of sp³-hybridized carbons (Fsp3) is 1.00. The van der Waals surface area contributed by atoms with E-state index in [9.17, 15) is 30.6 Å². The van der Waals surface area contributed by atoms with Crippen molar-refractivity contribution in [1.82, 2.24) is 5.32 Å². The van der Waals surface area contributed by atoms with E-state index in [1.165, 1.54) is 0 Å². The molecule has 22 heavy (non-hydrogen) atoms. The first-order chi connectivity index (χ1) is 10.4. The number of nitrogens with one attached hydrogen (secondary N) is 1. The summed E-state index contributed by atoms with van der Waals surface area (Å²) in [4.78, 5) is 0. The molecule has 0 amide bonds. The van der Waals surface area contributed by atoms with E-state index in [1.807, 2.05) is 0 Å². The van der Waals surface area contributed by atoms with Crippen molar-refractivity contribution in [2.75, 3.05) is 19.8 Å². The minimum Gasteiger partial charge on any atom is -0.395 e. The Balaban J connectivity index is 2.09. The van der Waals surface area contributed by atoms with E-state index in [-0.39, 0.29) is 6.54 Å². The van der Waals surface area contributed by atoms with E-state index in [2.05, 4.69) is 5.32 Å². The van der Waals surface area contributed by atoms with Gasteiger partial charge in [0.2, 0.25) is 0 Å². The molecule has 0 aliphatic carbocycles. The van der Waals surface area contributed by atoms with Gasteiger partial charge in [-0.1, -0.05) is 0 Å². The van der Waals surface area contributed by atoms with Crippen LogP contribution in [0.4, 0.5) is 0 Å². The predicted octanol–water partition coefficient (Wildman–Crippen LogP) is -5.14. The fourth-order valence-electron chi connectivity index (χ4n) is 2.64. The van der Waals surface area contributed by atoms with Gasteiger partial charge in [0.25, 0.3) is 0 Å². The molecule has 10 nitrogen and oxygen atoms in total. The molecule has 2 aliphatic heterocycles. The van der Waals surface area contributed by atoms with Gasteiger partial charge in [0.05, 0.1) is 25.4 Å². The highest BCUT2D eigenvalue weighted by molar-refractivity contribution is 4.95. The summed E-state index contributed by atoms with van der Waals surface area (Å²) >= 11 is 0. The lowest BCUT2D eigenvalue weighted by Crippen LogP contribution is -2.65. The standard InChI is InChI=1S/C12H23NO9/c14-2-4-11(7(17)5(16)1-13-4)22-12-10(20)9(19)8(18)6(3-15)21-12/h4-20H,1-3H2/t4?,5?,6?,7?,8-,9?,10?,11-,12-/m1/s1. The fourth-order valence-corrected chi connectivity index (χ4v) is 2.64. The summed E-state index contributed by atoms with van der Waals surface area (Å²) in [5.41, 5.74) is 0. The van der Waals surface area contributed by atoms with Gasteiger partial charge in [0.15, 0.2) is 6.29 Å². The Morgan fingerprint density at radius 3 is 2.18 bits per heavy atom. The Labute approximate surface area is 126 Å². The molecule has 2 saturated heterocycles. The van der Waals surface area contributed by atoms with Crippen LogP contribution >= 0.6 is 0 Å². The van der Waals surface area contributed by atoms with E-state index < -0.39 is 68.3 Å². The van der Waals surface area contributed by atoms with Crippen LogP contribution in [0.15, 0.2) is 0 Å². The molecular formula is C12H23NO9. The molecule has 10 heteroatoms. The van der Waals surface area contributed by atoms with E-state index in [1.54, 1.807) is 0 Å². The first-order valence-corrected chi connectivity index (χ1v) is 7.07. The minimum atomic E-state index is -1.62. The van der Waals surface area contributed by atoms with E-state index in [0.29, 0.717) is 0 Å². The first kappa shape index (κ1) is 17.9. The van der Waals surface area contributed by atoms with Crippen LogP contribution < -0.4 is 5.32 Å². The number of hydrogen-bond acceptors (Lipinski definition) is 10. The van der Waals surface area contributed by atoms with Crippen molar-refractivity contribution >= 4 is 0 Å². The summed E-state index contributed by atoms with van der Waals surface area (Å²) in [7, 11) is 0. The number of aliphatic hydroxyl groups excluding tert-OH is 7. The number of hydrogen-bond donors (Lipinski definition) is 8. The Kier molecular flexibility index (Phi) is 6.07. The molecular weight excluding hydrogens is 302 g/mol. The third-order valence-corrected chi connectivity index (χ3v) is 4.05. The second kappa shape index (κ2) is 7.45. The zero-order valence-corrected chi connectivity index (χ0v) is 11.8. The lowest BCUT2D eigenvalue weighted by Gasteiger charge is -2.44. The van der Waals surface area contributed by atoms with Crippen LogP contribution in [0.25, 0.3) is 0 Å². The van der Waals surface area contributed by atoms with Gasteiger partial charge in [-0.3, -0.25) is 0 Å². The number of ether oxygens (including phenoxy) is 2. The summed E-state index contributed by atoms with van der Waals surface area (Å²) in [5.74, 6) is 0. The molecule has 0 aromatic carbocycles. The Morgan fingerprint density at radius 1 is 0.909 bits per heavy atom. The van der Waals surface area contributed by atoms with Gasteiger partial charge in [-0.15, -0.1) is 0 Å². The van der Waals surface area contributed by atoms with Crippen LogP contribution in [-0.2, 0) is 9.47 Å². The molecule has 2 aliphatic rings. The van der Waals surface area contributed by atoms with Crippen molar-refractivity contribution in [3.63, 3.8) is 0 Å². The average Bonchev–Trinajstić information content (AvgIpc) is 2.52. The van der Waals surface area contributed by atoms with Crippen LogP contribution in [0.3, 0.4) is 0 Å². The lowest BCUT2D eigenvalue weighted by molar-refractivity contribution is -0.324. The van der Waals surface area contributed by atoms with Crippen molar-refractivity contribution < 1.29 is 45.2 Å². The molecule has 6 unspecified atom stereocenters. The third-order valence-electron chi connectivity index (χ3n) is 4.05. The molecule has 2 fully saturated rings. The normalized spacial score (nSPS) is 50.0. The van der Waals surface area contributed by atoms with E-state index >= 15 is 0 Å². The Bertz CT molecular complexity index is 355. The maximum absolute atomic E-state index is 9.97. The maximum atomic E-state index is 9.97. The monoisotopic (exact) mass is 325 g/mol. The van der Waals surface area contributed by atoms with Crippen LogP contribution in [-0.4, -0.2) is 111 Å². The number of β-amino-alcohol motifs (C(OH)–C–C–N with tert-alkyl or cyclic N) is 1. The average molecular weight is 325 g/mol. The Morgan fingerprint density at radius 2 is 1.59 bits per heavy atom. The van der Waals surface area contributed by atoms with E-state index in [4.69, 9.17) is 14.6 Å². The zero-order chi connectivity index (χ0) is 16.4. The molecule has 2 rings (SSSR count). The highest BCUT2D eigenvalue weighted by Gasteiger charge is 2.47. The van der Waals surface area contributed by atoms with Crippen molar-refractivity contribution in [2.45, 2.75) is 55.1 Å². The number of rotatable bonds is 4. The molecule has 130 valence electrons. The second-order valence-corrected chi connectivity index (χ2v) is 5.55. The quantitative estimate of drug-likeness (QED) is 0.250. The van der Waals surface area contributed by atoms with Crippen molar-refractivity contribution in [1.29, 1.82) is 0 Å². The van der Waals surface area contributed by atoms with Crippen LogP contribution in [0.2, 0.25) is 0 Å². The number of piperidine rings is 1. The summed E-state index contributed by atoms with van der Waals surface area (Å²) in [6, 6.07) is -0.717. The molecule has 9 atom stereocenters. The first-order valence-electron chi connectivity index (χ1n) is 7.07. The predicted molar refractivity (Wildman–Crippen MR) is 69.5 cm³/mol. The molecule has 2 heterocycles. The van der Waals surface area contributed by atoms with Gasteiger partial charge in [-0.05, 0) is 0 Å². The number of aliphatic hydroxyl groups is 7. The van der Waals surface area contributed by atoms with Gasteiger partial charge >= 0.3 is 0 Å². The minimum absolute atomic E-state index is 0.0565. The van der Waals surface area contributed by atoms with Gasteiger partial charge in [-0.2, -0.15) is 0 Å². The molecule has 0 aromatic heterocycles. The third kappa shape index (κ3) is 3.41. The summed E-state index contributed by atoms with van der Waals surface area (Å²) in [5, 5.41) is 70.0. The van der Waals surface area contributed by atoms with Crippen molar-refractivity contribution in [2.24, 2.45) is 0 Å². The highest BCUT2D eigenvalue weighted by Crippen LogP contribution is 2.25. The summed E-state index contributed by atoms with van der Waals surface area (Å²) in [6.07, 6.45) is -10.9. The molecule has 0 aromatic rings. The van der Waals surface area contributed by atoms with Crippen LogP contribution in [0.1, 0.15) is 0 Å². The maximum Gasteiger partial charge on any atom is 0.187 e. The van der Waals surface area contributed by atoms with Gasteiger partial charge in [-0.25, -0.2) is 0 Å². The zero-order valence-electron chi connectivity index (χ0n) is 11.8. The van der Waals surface area contributed by atoms with Crippen molar-refractivity contribution in [3.8, 4) is 0 Å². The topological polar surface area (TPSA) is 172 Å². The SMILES string of the molecule is OCC1O[C@H](O[C@@H]2C(CO)NCC(O)C2O)C(O)C(O)[C@@H]1O. The molecule has 0 bridgehead atoms. The van der Waals surface area contributed by atoms with Gasteiger partial charge in [0, 0.05) is 6.54 Å². The van der Waals surface area contributed by atoms with Crippen molar-refractivity contribution in [3.05, 3.63) is 0 Å². The van der Waals surface area contributed by atoms with Crippen LogP contribution in [0.5, 0.6) is 0 Å². The second-order valence-electron chi connectivity index (χ2n) is 5.55. The summed E-state index contributed by atoms with van der Waals surface area (Å²) < 4.78 is 10.6. The molecule has 0 radical (unpaired) electrons. The largest absolute Gasteiger partial charge is 0.395 e. The van der Waals surface area contributed by atoms with Gasteiger partial charge < -0.3 is 50.5 Å². The lowest BCUT2D eigenvalue weighted by atomic mass is 9.95. The van der Waals surface area contributed by atoms with Crippen LogP contribution in [0, 0.1) is 0 Å². The van der Waals surface area contributed by atoms with E-state index in [0.717, 1.165) is 0 Å². The van der Waals surface area contributed by atoms with Gasteiger partial charge in [0.1, 0.15) is 36.6 Å². The summed E-state index contributed by atoms with van der Waals surface area (Å²) in [6.45, 7) is -0.949. The highest BCUT2D eigenvalue weighted by atomic mass is 16.7. The smallest absolute Gasteiger partial charge is 0.187 e. The molecule has 8 N–H and O–H groups in total. The molecule has 0 saturated carbocycles. The molecule has 0 spiro atoms.